The van der Waals surface area contributed by atoms with Crippen LogP contribution in [0.15, 0.2) is 72.0 Å². The minimum Gasteiger partial charge on any atom is -0.497 e. The van der Waals surface area contributed by atoms with Crippen molar-refractivity contribution in [2.24, 2.45) is 10.7 Å². The first-order valence-corrected chi connectivity index (χ1v) is 8.04. The molecule has 0 fully saturated rings. The summed E-state index contributed by atoms with van der Waals surface area (Å²) in [6.45, 7) is 0.621. The number of hydrogen-bond acceptors (Lipinski definition) is 3. The van der Waals surface area contributed by atoms with E-state index in [2.05, 4.69) is 27.5 Å². The molecule has 0 saturated carbocycles. The molecule has 0 aliphatic rings. The summed E-state index contributed by atoms with van der Waals surface area (Å²) in [6.07, 6.45) is 4.51. The second-order valence-electron chi connectivity index (χ2n) is 5.49. The second kappa shape index (κ2) is 9.81. The number of rotatable bonds is 6. The number of guanidine groups is 1. The number of nitrogens with two attached hydrogens (primary N) is 1. The number of ether oxygens (including phenoxy) is 1. The van der Waals surface area contributed by atoms with Crippen LogP contribution in [0.25, 0.3) is 5.69 Å². The van der Waals surface area contributed by atoms with E-state index in [0.717, 1.165) is 23.5 Å². The van der Waals surface area contributed by atoms with E-state index in [1.54, 1.807) is 13.3 Å². The van der Waals surface area contributed by atoms with Crippen LogP contribution in [-0.4, -0.2) is 29.4 Å². The van der Waals surface area contributed by atoms with Crippen LogP contribution in [0.3, 0.4) is 0 Å². The summed E-state index contributed by atoms with van der Waals surface area (Å²) < 4.78 is 6.96. The van der Waals surface area contributed by atoms with E-state index < -0.39 is 0 Å². The zero-order valence-corrected chi connectivity index (χ0v) is 16.8. The number of nitrogens with zero attached hydrogens (tertiary/aromatic N) is 3. The summed E-state index contributed by atoms with van der Waals surface area (Å²) in [5, 5.41) is 7.28. The number of aliphatic imine (C=N–C) groups is 1. The molecule has 0 aliphatic carbocycles. The van der Waals surface area contributed by atoms with E-state index in [9.17, 15) is 0 Å². The van der Waals surface area contributed by atoms with E-state index in [-0.39, 0.29) is 24.0 Å². The lowest BCUT2D eigenvalue weighted by Gasteiger charge is -2.07. The van der Waals surface area contributed by atoms with Crippen molar-refractivity contribution in [3.05, 3.63) is 72.6 Å². The van der Waals surface area contributed by atoms with Gasteiger partial charge in [0, 0.05) is 24.6 Å². The van der Waals surface area contributed by atoms with Crippen molar-refractivity contribution in [2.75, 3.05) is 19.0 Å². The molecule has 3 N–H and O–H groups in total. The molecule has 136 valence electrons. The van der Waals surface area contributed by atoms with Crippen LogP contribution >= 0.6 is 24.0 Å². The Morgan fingerprint density at radius 3 is 2.50 bits per heavy atom. The molecular weight excluding hydrogens is 441 g/mol. The monoisotopic (exact) mass is 463 g/mol. The Balaban J connectivity index is 0.00000243. The standard InChI is InChI=1S/C19H21N5O.HI/c1-25-18-9-5-16(6-10-18)23-19(20)21-13-11-15-3-7-17(8-4-15)24-14-2-12-22-24;/h2-10,12,14H,11,13H2,1H3,(H3,20,21,23);1H. The van der Waals surface area contributed by atoms with E-state index in [0.29, 0.717) is 12.5 Å². The molecule has 0 unspecified atom stereocenters. The highest BCUT2D eigenvalue weighted by atomic mass is 127. The van der Waals surface area contributed by atoms with Gasteiger partial charge in [0.1, 0.15) is 5.75 Å². The highest BCUT2D eigenvalue weighted by Gasteiger charge is 1.99. The first-order valence-electron chi connectivity index (χ1n) is 8.04. The average molecular weight is 463 g/mol. The molecule has 1 heterocycles. The number of halogens is 1. The molecular formula is C19H22IN5O. The van der Waals surface area contributed by atoms with Crippen molar-refractivity contribution in [1.82, 2.24) is 9.78 Å². The molecule has 0 aliphatic heterocycles. The quantitative estimate of drug-likeness (QED) is 0.334. The zero-order chi connectivity index (χ0) is 17.5. The largest absolute Gasteiger partial charge is 0.497 e. The Kier molecular flexibility index (Phi) is 7.46. The summed E-state index contributed by atoms with van der Waals surface area (Å²) >= 11 is 0. The smallest absolute Gasteiger partial charge is 0.193 e. The summed E-state index contributed by atoms with van der Waals surface area (Å²) in [7, 11) is 1.64. The van der Waals surface area contributed by atoms with Crippen LogP contribution in [0.2, 0.25) is 0 Å². The average Bonchev–Trinajstić information content (AvgIpc) is 3.18. The fourth-order valence-corrected chi connectivity index (χ4v) is 2.40. The first kappa shape index (κ1) is 19.8. The number of aromatic nitrogens is 2. The van der Waals surface area contributed by atoms with Gasteiger partial charge in [-0.1, -0.05) is 12.1 Å². The van der Waals surface area contributed by atoms with Gasteiger partial charge < -0.3 is 15.8 Å². The molecule has 26 heavy (non-hydrogen) atoms. The summed E-state index contributed by atoms with van der Waals surface area (Å²) in [5.74, 6) is 1.21. The minimum atomic E-state index is 0. The Morgan fingerprint density at radius 2 is 1.88 bits per heavy atom. The van der Waals surface area contributed by atoms with Gasteiger partial charge in [0.2, 0.25) is 0 Å². The third-order valence-electron chi connectivity index (χ3n) is 3.75. The number of hydrogen-bond donors (Lipinski definition) is 2. The molecule has 3 rings (SSSR count). The van der Waals surface area contributed by atoms with Crippen LogP contribution in [-0.2, 0) is 6.42 Å². The maximum absolute atomic E-state index is 5.92. The van der Waals surface area contributed by atoms with Crippen LogP contribution in [0.5, 0.6) is 5.75 Å². The third-order valence-corrected chi connectivity index (χ3v) is 3.75. The van der Waals surface area contributed by atoms with E-state index >= 15 is 0 Å². The molecule has 0 bridgehead atoms. The van der Waals surface area contributed by atoms with Crippen molar-refractivity contribution >= 4 is 35.6 Å². The van der Waals surface area contributed by atoms with E-state index in [1.807, 2.05) is 53.3 Å². The number of anilines is 1. The van der Waals surface area contributed by atoms with Gasteiger partial charge in [-0.15, -0.1) is 24.0 Å². The fourth-order valence-electron chi connectivity index (χ4n) is 2.40. The van der Waals surface area contributed by atoms with Crippen LogP contribution in [0.1, 0.15) is 5.56 Å². The molecule has 3 aromatic rings. The van der Waals surface area contributed by atoms with Crippen molar-refractivity contribution in [2.45, 2.75) is 6.42 Å². The van der Waals surface area contributed by atoms with E-state index in [4.69, 9.17) is 10.5 Å². The SMILES string of the molecule is COc1ccc(NC(N)=NCCc2ccc(-n3cccn3)cc2)cc1.I. The number of methoxy groups -OCH3 is 1. The molecule has 7 heteroatoms. The molecule has 0 radical (unpaired) electrons. The third kappa shape index (κ3) is 5.48. The van der Waals surface area contributed by atoms with Crippen LogP contribution in [0, 0.1) is 0 Å². The van der Waals surface area contributed by atoms with Gasteiger partial charge in [-0.25, -0.2) is 4.68 Å². The first-order chi connectivity index (χ1) is 12.2. The minimum absolute atomic E-state index is 0. The summed E-state index contributed by atoms with van der Waals surface area (Å²) in [4.78, 5) is 4.36. The topological polar surface area (TPSA) is 77.5 Å². The molecule has 0 spiro atoms. The Morgan fingerprint density at radius 1 is 1.15 bits per heavy atom. The van der Waals surface area contributed by atoms with Gasteiger partial charge >= 0.3 is 0 Å². The van der Waals surface area contributed by atoms with Gasteiger partial charge in [0.25, 0.3) is 0 Å². The second-order valence-corrected chi connectivity index (χ2v) is 5.49. The fraction of sp³-hybridized carbons (Fsp3) is 0.158. The van der Waals surface area contributed by atoms with Crippen molar-refractivity contribution in [1.29, 1.82) is 0 Å². The highest BCUT2D eigenvalue weighted by molar-refractivity contribution is 14.0. The predicted octanol–water partition coefficient (Wildman–Crippen LogP) is 3.47. The summed E-state index contributed by atoms with van der Waals surface area (Å²) in [5.41, 5.74) is 9.05. The van der Waals surface area contributed by atoms with Crippen molar-refractivity contribution in [3.8, 4) is 11.4 Å². The van der Waals surface area contributed by atoms with Gasteiger partial charge in [-0.2, -0.15) is 5.10 Å². The predicted molar refractivity (Wildman–Crippen MR) is 116 cm³/mol. The van der Waals surface area contributed by atoms with E-state index in [1.165, 1.54) is 5.56 Å². The van der Waals surface area contributed by atoms with Gasteiger partial charge in [-0.05, 0) is 54.4 Å². The van der Waals surface area contributed by atoms with Gasteiger partial charge in [0.15, 0.2) is 5.96 Å². The van der Waals surface area contributed by atoms with Crippen LogP contribution in [0.4, 0.5) is 5.69 Å². The molecule has 1 aromatic heterocycles. The normalized spacial score (nSPS) is 10.9. The molecule has 0 atom stereocenters. The molecule has 6 nitrogen and oxygen atoms in total. The highest BCUT2D eigenvalue weighted by Crippen LogP contribution is 2.14. The van der Waals surface area contributed by atoms with Crippen molar-refractivity contribution < 1.29 is 4.74 Å². The Labute approximate surface area is 170 Å². The maximum Gasteiger partial charge on any atom is 0.193 e. The Hall–Kier alpha value is -2.55. The number of benzene rings is 2. The molecule has 0 saturated heterocycles. The lowest BCUT2D eigenvalue weighted by molar-refractivity contribution is 0.415. The lowest BCUT2D eigenvalue weighted by atomic mass is 10.1. The maximum atomic E-state index is 5.92. The van der Waals surface area contributed by atoms with Crippen molar-refractivity contribution in [3.63, 3.8) is 0 Å². The van der Waals surface area contributed by atoms with Gasteiger partial charge in [-0.3, -0.25) is 4.99 Å². The lowest BCUT2D eigenvalue weighted by Crippen LogP contribution is -2.23. The number of nitrogens with one attached hydrogen (secondary N) is 1. The van der Waals surface area contributed by atoms with Crippen LogP contribution < -0.4 is 15.8 Å². The molecule has 2 aromatic carbocycles. The Bertz CT molecular complexity index is 814. The zero-order valence-electron chi connectivity index (χ0n) is 14.5. The molecule has 0 amide bonds. The van der Waals surface area contributed by atoms with Gasteiger partial charge in [0.05, 0.1) is 12.8 Å². The summed E-state index contributed by atoms with van der Waals surface area (Å²) in [6, 6.07) is 17.7.